The monoisotopic (exact) mass is 468 g/mol. The molecule has 1 fully saturated rings. The maximum absolute atomic E-state index is 13.9. The topological polar surface area (TPSA) is 67.2 Å². The van der Waals surface area contributed by atoms with Crippen molar-refractivity contribution in [2.75, 3.05) is 18.4 Å². The quantitative estimate of drug-likeness (QED) is 0.578. The Balaban J connectivity index is 1.63. The van der Waals surface area contributed by atoms with E-state index in [9.17, 15) is 26.0 Å². The minimum atomic E-state index is -4.45. The number of aromatic nitrogens is 2. The molecule has 32 heavy (non-hydrogen) atoms. The molecule has 1 aromatic heterocycles. The lowest BCUT2D eigenvalue weighted by Crippen LogP contribution is -2.32. The highest BCUT2D eigenvalue weighted by Crippen LogP contribution is 2.34. The minimum Gasteiger partial charge on any atom is -0.380 e. The van der Waals surface area contributed by atoms with E-state index >= 15 is 0 Å². The summed E-state index contributed by atoms with van der Waals surface area (Å²) in [6.45, 7) is 0.113. The van der Waals surface area contributed by atoms with Crippen molar-refractivity contribution in [2.45, 2.75) is 23.2 Å². The largest absolute Gasteiger partial charge is 0.416 e. The fraction of sp³-hybridized carbons (Fsp3) is 0.286. The number of imidazole rings is 1. The zero-order valence-corrected chi connectivity index (χ0v) is 17.7. The number of anilines is 1. The molecule has 11 heteroatoms. The number of hydrogen-bond donors (Lipinski definition) is 1. The first-order valence-electron chi connectivity index (χ1n) is 9.71. The van der Waals surface area contributed by atoms with Gasteiger partial charge in [-0.05, 0) is 42.0 Å². The Kier molecular flexibility index (Phi) is 5.72. The molecule has 6 nitrogen and oxygen atoms in total. The molecule has 2 heterocycles. The molecule has 4 rings (SSSR count). The molecular formula is C21H20F4N4O2S. The molecule has 0 amide bonds. The van der Waals surface area contributed by atoms with E-state index in [-0.39, 0.29) is 18.1 Å². The van der Waals surface area contributed by atoms with Crippen molar-refractivity contribution in [3.63, 3.8) is 0 Å². The van der Waals surface area contributed by atoms with E-state index in [2.05, 4.69) is 10.3 Å². The summed E-state index contributed by atoms with van der Waals surface area (Å²) < 4.78 is 81.3. The number of nitrogens with one attached hydrogen (secondary N) is 1. The molecule has 1 aliphatic heterocycles. The van der Waals surface area contributed by atoms with Gasteiger partial charge in [0.15, 0.2) is 5.03 Å². The Labute approximate surface area is 182 Å². The summed E-state index contributed by atoms with van der Waals surface area (Å²) in [6.07, 6.45) is -1.68. The van der Waals surface area contributed by atoms with Gasteiger partial charge in [-0.2, -0.15) is 17.5 Å². The van der Waals surface area contributed by atoms with Crippen LogP contribution in [0.4, 0.5) is 23.2 Å². The van der Waals surface area contributed by atoms with E-state index < -0.39 is 39.5 Å². The number of hydrogen-bond acceptors (Lipinski definition) is 4. The normalized spacial score (nSPS) is 19.9. The summed E-state index contributed by atoms with van der Waals surface area (Å²) in [5.74, 6) is -0.881. The first-order valence-corrected chi connectivity index (χ1v) is 11.2. The van der Waals surface area contributed by atoms with Crippen LogP contribution in [0.1, 0.15) is 17.0 Å². The second-order valence-corrected chi connectivity index (χ2v) is 9.57. The van der Waals surface area contributed by atoms with Gasteiger partial charge in [-0.15, -0.1) is 0 Å². The second-order valence-electron chi connectivity index (χ2n) is 7.69. The predicted octanol–water partition coefficient (Wildman–Crippen LogP) is 3.85. The third kappa shape index (κ3) is 4.49. The predicted molar refractivity (Wildman–Crippen MR) is 110 cm³/mol. The Morgan fingerprint density at radius 2 is 1.81 bits per heavy atom. The van der Waals surface area contributed by atoms with Gasteiger partial charge in [0.05, 0.1) is 11.9 Å². The molecule has 0 saturated carbocycles. The van der Waals surface area contributed by atoms with Crippen LogP contribution in [0.15, 0.2) is 66.1 Å². The molecule has 1 N–H and O–H groups in total. The summed E-state index contributed by atoms with van der Waals surface area (Å²) in [5.41, 5.74) is 0.213. The highest BCUT2D eigenvalue weighted by Gasteiger charge is 2.41. The van der Waals surface area contributed by atoms with E-state index in [0.29, 0.717) is 11.3 Å². The van der Waals surface area contributed by atoms with Crippen molar-refractivity contribution in [2.24, 2.45) is 7.05 Å². The number of nitrogens with zero attached hydrogens (tertiary/aromatic N) is 3. The van der Waals surface area contributed by atoms with Gasteiger partial charge >= 0.3 is 6.18 Å². The van der Waals surface area contributed by atoms with Crippen molar-refractivity contribution in [1.82, 2.24) is 13.9 Å². The number of sulfonamides is 1. The molecule has 0 spiro atoms. The fourth-order valence-electron chi connectivity index (χ4n) is 3.81. The van der Waals surface area contributed by atoms with E-state index in [1.54, 1.807) is 13.1 Å². The SMILES string of the molecule is Cn1cnc(S(=O)(=O)N2C[C@@H](Nc3ccc(C(F)(F)F)cc3)[C@H](c3cccc(F)c3)C2)c1. The number of alkyl halides is 3. The van der Waals surface area contributed by atoms with E-state index in [0.717, 1.165) is 12.1 Å². The molecule has 2 aromatic carbocycles. The van der Waals surface area contributed by atoms with Crippen molar-refractivity contribution in [3.8, 4) is 0 Å². The van der Waals surface area contributed by atoms with Gasteiger partial charge in [0.2, 0.25) is 0 Å². The summed E-state index contributed by atoms with van der Waals surface area (Å²) in [6, 6.07) is 9.87. The smallest absolute Gasteiger partial charge is 0.380 e. The van der Waals surface area contributed by atoms with Crippen LogP contribution in [0, 0.1) is 5.82 Å². The van der Waals surface area contributed by atoms with Crippen molar-refractivity contribution >= 4 is 15.7 Å². The molecule has 0 bridgehead atoms. The third-order valence-electron chi connectivity index (χ3n) is 5.41. The first kappa shape index (κ1) is 22.3. The molecule has 0 unspecified atom stereocenters. The van der Waals surface area contributed by atoms with Gasteiger partial charge in [0, 0.05) is 44.0 Å². The maximum Gasteiger partial charge on any atom is 0.416 e. The molecule has 170 valence electrons. The average molecular weight is 468 g/mol. The van der Waals surface area contributed by atoms with Crippen LogP contribution < -0.4 is 5.32 Å². The van der Waals surface area contributed by atoms with Gasteiger partial charge in [-0.25, -0.2) is 17.8 Å². The highest BCUT2D eigenvalue weighted by molar-refractivity contribution is 7.89. The van der Waals surface area contributed by atoms with Crippen LogP contribution >= 0.6 is 0 Å². The fourth-order valence-corrected chi connectivity index (χ4v) is 5.27. The van der Waals surface area contributed by atoms with Crippen LogP contribution in [0.5, 0.6) is 0 Å². The Morgan fingerprint density at radius 1 is 1.09 bits per heavy atom. The van der Waals surface area contributed by atoms with Crippen LogP contribution in [0.25, 0.3) is 0 Å². The number of benzene rings is 2. The van der Waals surface area contributed by atoms with Crippen LogP contribution in [-0.2, 0) is 23.2 Å². The summed E-state index contributed by atoms with van der Waals surface area (Å²) >= 11 is 0. The molecule has 0 radical (unpaired) electrons. The van der Waals surface area contributed by atoms with Gasteiger partial charge < -0.3 is 9.88 Å². The van der Waals surface area contributed by atoms with Gasteiger partial charge in [-0.1, -0.05) is 12.1 Å². The molecule has 1 aliphatic rings. The zero-order chi connectivity index (χ0) is 23.1. The minimum absolute atomic E-state index is 0.0428. The number of rotatable bonds is 5. The second kappa shape index (κ2) is 8.21. The van der Waals surface area contributed by atoms with Crippen molar-refractivity contribution < 1.29 is 26.0 Å². The molecule has 1 saturated heterocycles. The lowest BCUT2D eigenvalue weighted by Gasteiger charge is -2.21. The summed E-state index contributed by atoms with van der Waals surface area (Å²) in [5, 5.41) is 3.02. The summed E-state index contributed by atoms with van der Waals surface area (Å²) in [7, 11) is -2.25. The Morgan fingerprint density at radius 3 is 2.41 bits per heavy atom. The third-order valence-corrected chi connectivity index (χ3v) is 7.13. The van der Waals surface area contributed by atoms with Crippen molar-refractivity contribution in [3.05, 3.63) is 78.0 Å². The van der Waals surface area contributed by atoms with Crippen molar-refractivity contribution in [1.29, 1.82) is 0 Å². The van der Waals surface area contributed by atoms with E-state index in [1.807, 2.05) is 0 Å². The van der Waals surface area contributed by atoms with E-state index in [1.165, 1.54) is 51.7 Å². The van der Waals surface area contributed by atoms with Crippen LogP contribution in [-0.4, -0.2) is 41.4 Å². The first-order chi connectivity index (χ1) is 15.0. The highest BCUT2D eigenvalue weighted by atomic mass is 32.2. The van der Waals surface area contributed by atoms with E-state index in [4.69, 9.17) is 0 Å². The molecule has 2 atom stereocenters. The average Bonchev–Trinajstić information content (AvgIpc) is 3.35. The lowest BCUT2D eigenvalue weighted by atomic mass is 9.94. The van der Waals surface area contributed by atoms with Gasteiger partial charge in [-0.3, -0.25) is 0 Å². The Hall–Kier alpha value is -2.92. The Bertz CT molecular complexity index is 1210. The van der Waals surface area contributed by atoms with Crippen LogP contribution in [0.2, 0.25) is 0 Å². The number of aryl methyl sites for hydroxylation is 1. The van der Waals surface area contributed by atoms with Crippen LogP contribution in [0.3, 0.4) is 0 Å². The standard InChI is InChI=1S/C21H20F4N4O2S/c1-28-12-20(26-13-28)32(30,31)29-10-18(14-3-2-4-16(22)9-14)19(11-29)27-17-7-5-15(6-8-17)21(23,24)25/h2-9,12-13,18-19,27H,10-11H2,1H3/t18-,19+/m0/s1. The lowest BCUT2D eigenvalue weighted by molar-refractivity contribution is -0.137. The molecule has 0 aliphatic carbocycles. The van der Waals surface area contributed by atoms with Gasteiger partial charge in [0.25, 0.3) is 10.0 Å². The summed E-state index contributed by atoms with van der Waals surface area (Å²) in [4.78, 5) is 3.93. The zero-order valence-electron chi connectivity index (χ0n) is 16.9. The van der Waals surface area contributed by atoms with Gasteiger partial charge in [0.1, 0.15) is 5.82 Å². The molecular weight excluding hydrogens is 448 g/mol. The molecule has 3 aromatic rings. The number of halogens is 4. The maximum atomic E-state index is 13.9.